The fourth-order valence-corrected chi connectivity index (χ4v) is 0.709. The summed E-state index contributed by atoms with van der Waals surface area (Å²) in [4.78, 5) is 0. The highest BCUT2D eigenvalue weighted by atomic mass is 35.5. The van der Waals surface area contributed by atoms with Gasteiger partial charge in [-0.3, -0.25) is 0 Å². The summed E-state index contributed by atoms with van der Waals surface area (Å²) in [5, 5.41) is 8.56. The summed E-state index contributed by atoms with van der Waals surface area (Å²) in [6.45, 7) is 6.05. The highest BCUT2D eigenvalue weighted by molar-refractivity contribution is 7.35. The van der Waals surface area contributed by atoms with Gasteiger partial charge in [-0.2, -0.15) is 0 Å². The number of hydrogen-bond donors (Lipinski definition) is 1. The zero-order valence-corrected chi connectivity index (χ0v) is 12.3. The number of aliphatic hydroxyl groups is 1. The Morgan fingerprint density at radius 2 is 1.56 bits per heavy atom. The third-order valence-electron chi connectivity index (χ3n) is 1.25. The predicted octanol–water partition coefficient (Wildman–Crippen LogP) is 3.67. The molecule has 0 aromatic heterocycles. The van der Waals surface area contributed by atoms with Crippen LogP contribution in [0.5, 0.6) is 5.75 Å². The van der Waals surface area contributed by atoms with Gasteiger partial charge in [-0.05, 0) is 32.4 Å². The highest BCUT2D eigenvalue weighted by Gasteiger charge is 1.88. The van der Waals surface area contributed by atoms with E-state index < -0.39 is 0 Å². The number of halogens is 2. The minimum atomic E-state index is -0.261. The molecule has 5 heteroatoms. The quantitative estimate of drug-likeness (QED) is 0.510. The topological polar surface area (TPSA) is 29.5 Å². The lowest BCUT2D eigenvalue weighted by Gasteiger charge is -2.00. The number of alkyl halides is 2. The molecule has 0 aliphatic rings. The van der Waals surface area contributed by atoms with E-state index in [1.165, 1.54) is 5.56 Å². The highest BCUT2D eigenvalue weighted by Crippen LogP contribution is 2.10. The summed E-state index contributed by atoms with van der Waals surface area (Å²) in [5.74, 6) is 0.702. The van der Waals surface area contributed by atoms with Crippen LogP contribution in [-0.2, 0) is 0 Å². The second-order valence-electron chi connectivity index (χ2n) is 2.69. The van der Waals surface area contributed by atoms with E-state index in [1.54, 1.807) is 0 Å². The van der Waals surface area contributed by atoms with Crippen molar-refractivity contribution in [2.75, 3.05) is 25.5 Å². The number of hydrogen-bond acceptors (Lipinski definition) is 2. The molecule has 0 bridgehead atoms. The van der Waals surface area contributed by atoms with E-state index in [0.717, 1.165) is 8.58 Å². The average Bonchev–Trinajstić information content (AvgIpc) is 2.24. The minimum Gasteiger partial charge on any atom is -0.468 e. The van der Waals surface area contributed by atoms with E-state index in [0.29, 0.717) is 5.75 Å². The van der Waals surface area contributed by atoms with Crippen LogP contribution in [0.3, 0.4) is 0 Å². The van der Waals surface area contributed by atoms with Crippen molar-refractivity contribution < 1.29 is 9.84 Å². The van der Waals surface area contributed by atoms with Crippen molar-refractivity contribution in [3.05, 3.63) is 29.8 Å². The molecule has 0 aliphatic carbocycles. The van der Waals surface area contributed by atoms with Crippen molar-refractivity contribution in [3.8, 4) is 5.75 Å². The molecule has 1 rings (SSSR count). The first kappa shape index (κ1) is 18.4. The maximum atomic E-state index is 8.37. The lowest BCUT2D eigenvalue weighted by atomic mass is 10.2. The van der Waals surface area contributed by atoms with E-state index in [4.69, 9.17) is 33.0 Å². The second kappa shape index (κ2) is 15.0. The first-order valence-electron chi connectivity index (χ1n) is 4.66. The smallest absolute Gasteiger partial charge is 0.186 e. The summed E-state index contributed by atoms with van der Waals surface area (Å²) >= 11 is 9.53. The summed E-state index contributed by atoms with van der Waals surface area (Å²) in [6.07, 6.45) is 0. The lowest BCUT2D eigenvalue weighted by Crippen LogP contribution is -1.93. The SMILES string of the molecule is CPC.Cc1ccc(OCO)cc1.ClCCl. The Kier molecular flexibility index (Phi) is 17.2. The molecule has 0 saturated heterocycles. The van der Waals surface area contributed by atoms with Crippen molar-refractivity contribution in [2.24, 2.45) is 0 Å². The molecule has 0 atom stereocenters. The molecular formula is C11H19Cl2O2P. The molecule has 0 fully saturated rings. The van der Waals surface area contributed by atoms with Gasteiger partial charge in [-0.15, -0.1) is 31.8 Å². The van der Waals surface area contributed by atoms with Gasteiger partial charge in [0.1, 0.15) is 5.75 Å². The zero-order valence-electron chi connectivity index (χ0n) is 9.84. The van der Waals surface area contributed by atoms with E-state index in [9.17, 15) is 0 Å². The van der Waals surface area contributed by atoms with E-state index in [-0.39, 0.29) is 12.1 Å². The first-order valence-corrected chi connectivity index (χ1v) is 7.73. The van der Waals surface area contributed by atoms with Gasteiger partial charge in [0.2, 0.25) is 0 Å². The van der Waals surface area contributed by atoms with Gasteiger partial charge in [0, 0.05) is 0 Å². The van der Waals surface area contributed by atoms with E-state index in [1.807, 2.05) is 31.2 Å². The lowest BCUT2D eigenvalue weighted by molar-refractivity contribution is 0.0985. The molecule has 0 unspecified atom stereocenters. The molecule has 0 saturated carbocycles. The van der Waals surface area contributed by atoms with Crippen LogP contribution in [-0.4, -0.2) is 30.6 Å². The predicted molar refractivity (Wildman–Crippen MR) is 75.6 cm³/mol. The van der Waals surface area contributed by atoms with Crippen LogP contribution in [0.15, 0.2) is 24.3 Å². The summed E-state index contributed by atoms with van der Waals surface area (Å²) in [5.41, 5.74) is 1.19. The Morgan fingerprint density at radius 3 is 1.88 bits per heavy atom. The average molecular weight is 285 g/mol. The van der Waals surface area contributed by atoms with Crippen LogP contribution < -0.4 is 4.74 Å². The number of rotatable bonds is 2. The van der Waals surface area contributed by atoms with Crippen molar-refractivity contribution in [1.29, 1.82) is 0 Å². The molecule has 0 spiro atoms. The molecule has 2 nitrogen and oxygen atoms in total. The Balaban J connectivity index is 0. The van der Waals surface area contributed by atoms with Gasteiger partial charge in [0.05, 0.1) is 5.34 Å². The molecule has 16 heavy (non-hydrogen) atoms. The number of ether oxygens (including phenoxy) is 1. The summed E-state index contributed by atoms with van der Waals surface area (Å²) in [7, 11) is 1.08. The van der Waals surface area contributed by atoms with Gasteiger partial charge in [-0.1, -0.05) is 17.7 Å². The largest absolute Gasteiger partial charge is 0.468 e. The number of benzene rings is 1. The van der Waals surface area contributed by atoms with Crippen LogP contribution in [0.25, 0.3) is 0 Å². The van der Waals surface area contributed by atoms with Gasteiger partial charge >= 0.3 is 0 Å². The molecule has 0 amide bonds. The van der Waals surface area contributed by atoms with Gasteiger partial charge < -0.3 is 9.84 Å². The molecule has 0 aliphatic heterocycles. The van der Waals surface area contributed by atoms with Crippen molar-refractivity contribution in [1.82, 2.24) is 0 Å². The van der Waals surface area contributed by atoms with Crippen LogP contribution in [0.1, 0.15) is 5.56 Å². The van der Waals surface area contributed by atoms with Gasteiger partial charge in [0.25, 0.3) is 0 Å². The normalized spacial score (nSPS) is 8.12. The number of aliphatic hydroxyl groups excluding tert-OH is 1. The second-order valence-corrected chi connectivity index (χ2v) is 4.50. The molecule has 0 radical (unpaired) electrons. The third-order valence-corrected chi connectivity index (χ3v) is 1.25. The molecule has 1 aromatic carbocycles. The fourth-order valence-electron chi connectivity index (χ4n) is 0.709. The van der Waals surface area contributed by atoms with Crippen LogP contribution in [0.4, 0.5) is 0 Å². The van der Waals surface area contributed by atoms with Crippen LogP contribution in [0, 0.1) is 6.92 Å². The first-order chi connectivity index (χ1) is 7.65. The zero-order chi connectivity index (χ0) is 12.8. The molecule has 94 valence electrons. The number of aryl methyl sites for hydroxylation is 1. The third kappa shape index (κ3) is 14.0. The van der Waals surface area contributed by atoms with Gasteiger partial charge in [-0.25, -0.2) is 0 Å². The maximum absolute atomic E-state index is 8.37. The fraction of sp³-hybridized carbons (Fsp3) is 0.455. The Labute approximate surface area is 110 Å². The Bertz CT molecular complexity index is 228. The van der Waals surface area contributed by atoms with E-state index in [2.05, 4.69) is 13.3 Å². The van der Waals surface area contributed by atoms with Crippen molar-refractivity contribution >= 4 is 31.8 Å². The van der Waals surface area contributed by atoms with E-state index >= 15 is 0 Å². The monoisotopic (exact) mass is 284 g/mol. The maximum Gasteiger partial charge on any atom is 0.186 e. The molecular weight excluding hydrogens is 266 g/mol. The standard InChI is InChI=1S/C8H10O2.C2H7P.CH2Cl2/c1-7-2-4-8(5-3-7)10-6-9;1-3-2;2-1-3/h2-5,9H,6H2,1H3;3H,1-2H3;1H2. The summed E-state index contributed by atoms with van der Waals surface area (Å²) in [6, 6.07) is 7.52. The van der Waals surface area contributed by atoms with Crippen LogP contribution in [0.2, 0.25) is 0 Å². The van der Waals surface area contributed by atoms with Crippen molar-refractivity contribution in [2.45, 2.75) is 6.92 Å². The molecule has 0 heterocycles. The minimum absolute atomic E-state index is 0.194. The van der Waals surface area contributed by atoms with Crippen molar-refractivity contribution in [3.63, 3.8) is 0 Å². The Morgan fingerprint density at radius 1 is 1.19 bits per heavy atom. The molecule has 1 N–H and O–H groups in total. The molecule has 1 aromatic rings. The van der Waals surface area contributed by atoms with Crippen LogP contribution >= 0.6 is 31.8 Å². The van der Waals surface area contributed by atoms with Gasteiger partial charge in [0.15, 0.2) is 6.79 Å². The summed E-state index contributed by atoms with van der Waals surface area (Å²) < 4.78 is 4.82. The Hall–Kier alpha value is -0.0100.